The topological polar surface area (TPSA) is 68.2 Å². The van der Waals surface area contributed by atoms with Crippen LogP contribution in [0.15, 0.2) is 33.6 Å². The first-order valence-corrected chi connectivity index (χ1v) is 15.5. The van der Waals surface area contributed by atoms with Crippen molar-refractivity contribution >= 4 is 31.6 Å². The highest BCUT2D eigenvalue weighted by atomic mass is 32.2. The predicted molar refractivity (Wildman–Crippen MR) is 125 cm³/mol. The lowest BCUT2D eigenvalue weighted by Gasteiger charge is -2.32. The molecular formula is C21H35BN2O4SSi. The van der Waals surface area contributed by atoms with Crippen molar-refractivity contribution in [2.75, 3.05) is 14.1 Å². The van der Waals surface area contributed by atoms with Crippen LogP contribution >= 0.6 is 0 Å². The number of sulfonamides is 1. The minimum atomic E-state index is -3.69. The Morgan fingerprint density at radius 2 is 1.53 bits per heavy atom. The summed E-state index contributed by atoms with van der Waals surface area (Å²) in [7, 11) is -1.92. The third kappa shape index (κ3) is 4.40. The van der Waals surface area contributed by atoms with Gasteiger partial charge in [0.25, 0.3) is 10.0 Å². The predicted octanol–water partition coefficient (Wildman–Crippen LogP) is 4.23. The van der Waals surface area contributed by atoms with Gasteiger partial charge in [0.15, 0.2) is 0 Å². The van der Waals surface area contributed by atoms with E-state index in [1.807, 2.05) is 12.1 Å². The summed E-state index contributed by atoms with van der Waals surface area (Å²) >= 11 is 0. The highest BCUT2D eigenvalue weighted by molar-refractivity contribution is 7.90. The van der Waals surface area contributed by atoms with Gasteiger partial charge in [-0.2, -0.15) is 8.42 Å². The zero-order chi connectivity index (χ0) is 22.7. The second kappa shape index (κ2) is 7.46. The molecule has 0 radical (unpaired) electrons. The van der Waals surface area contributed by atoms with Gasteiger partial charge in [0.2, 0.25) is 0 Å². The summed E-state index contributed by atoms with van der Waals surface area (Å²) in [6.45, 7) is 15.5. The molecule has 2 fully saturated rings. The van der Waals surface area contributed by atoms with Crippen LogP contribution in [-0.2, 0) is 19.3 Å². The molecule has 9 heteroatoms. The molecule has 0 spiro atoms. The largest absolute Gasteiger partial charge is 0.461 e. The van der Waals surface area contributed by atoms with Crippen molar-refractivity contribution in [2.24, 2.45) is 4.40 Å². The zero-order valence-corrected chi connectivity index (χ0v) is 21.4. The fourth-order valence-electron chi connectivity index (χ4n) is 4.34. The van der Waals surface area contributed by atoms with Crippen LogP contribution in [0.5, 0.6) is 0 Å². The molecule has 1 saturated heterocycles. The van der Waals surface area contributed by atoms with Gasteiger partial charge in [0.1, 0.15) is 6.34 Å². The fourth-order valence-corrected chi connectivity index (χ4v) is 8.16. The van der Waals surface area contributed by atoms with Gasteiger partial charge in [-0.3, -0.25) is 0 Å². The average Bonchev–Trinajstić information content (AvgIpc) is 3.30. The Kier molecular flexibility index (Phi) is 5.85. The molecule has 0 N–H and O–H groups in total. The van der Waals surface area contributed by atoms with Gasteiger partial charge in [-0.25, -0.2) is 0 Å². The number of hydrogen-bond acceptors (Lipinski definition) is 4. The molecule has 166 valence electrons. The van der Waals surface area contributed by atoms with Crippen molar-refractivity contribution in [3.8, 4) is 0 Å². The van der Waals surface area contributed by atoms with Crippen molar-refractivity contribution in [3.05, 3.63) is 29.8 Å². The lowest BCUT2D eigenvalue weighted by Crippen LogP contribution is -2.41. The molecule has 3 atom stereocenters. The van der Waals surface area contributed by atoms with Gasteiger partial charge in [0.05, 0.1) is 16.1 Å². The molecule has 3 rings (SSSR count). The Labute approximate surface area is 183 Å². The standard InChI is InChI=1S/C21H35BN2O4SSi/c1-20(2)21(3,4)28-22(27-20)18-17(19(18)30(7,8)9)15-10-12-16(13-11-15)29(25,26)23-14-24(5)6/h10-14,17-19H,1-9H3. The van der Waals surface area contributed by atoms with Crippen LogP contribution in [0.2, 0.25) is 31.0 Å². The Bertz CT molecular complexity index is 907. The quantitative estimate of drug-likeness (QED) is 0.369. The van der Waals surface area contributed by atoms with Crippen LogP contribution < -0.4 is 0 Å². The van der Waals surface area contributed by atoms with E-state index in [0.29, 0.717) is 17.3 Å². The smallest absolute Gasteiger partial charge is 0.403 e. The van der Waals surface area contributed by atoms with E-state index in [1.165, 1.54) is 6.34 Å². The van der Waals surface area contributed by atoms with Gasteiger partial charge in [-0.15, -0.1) is 4.40 Å². The molecule has 0 amide bonds. The van der Waals surface area contributed by atoms with Crippen LogP contribution in [0, 0.1) is 0 Å². The molecule has 1 aliphatic heterocycles. The molecule has 1 aliphatic carbocycles. The van der Waals surface area contributed by atoms with Gasteiger partial charge < -0.3 is 14.2 Å². The molecule has 1 saturated carbocycles. The van der Waals surface area contributed by atoms with Crippen molar-refractivity contribution in [3.63, 3.8) is 0 Å². The molecule has 1 aromatic rings. The summed E-state index contributed by atoms with van der Waals surface area (Å²) in [6.07, 6.45) is 1.31. The average molecular weight is 450 g/mol. The lowest BCUT2D eigenvalue weighted by atomic mass is 9.79. The minimum Gasteiger partial charge on any atom is -0.403 e. The van der Waals surface area contributed by atoms with Gasteiger partial charge in [0, 0.05) is 28.0 Å². The number of rotatable bonds is 6. The number of hydrogen-bond donors (Lipinski definition) is 0. The van der Waals surface area contributed by atoms with E-state index in [2.05, 4.69) is 51.7 Å². The second-order valence-corrected chi connectivity index (χ2v) is 17.9. The van der Waals surface area contributed by atoms with E-state index >= 15 is 0 Å². The third-order valence-electron chi connectivity index (χ3n) is 6.64. The maximum Gasteiger partial charge on any atom is 0.461 e. The van der Waals surface area contributed by atoms with Crippen LogP contribution in [0.1, 0.15) is 39.2 Å². The Morgan fingerprint density at radius 1 is 1.03 bits per heavy atom. The molecule has 6 nitrogen and oxygen atoms in total. The normalized spacial score (nSPS) is 28.2. The summed E-state index contributed by atoms with van der Waals surface area (Å²) in [4.78, 5) is 1.81. The van der Waals surface area contributed by atoms with E-state index in [-0.39, 0.29) is 23.2 Å². The zero-order valence-electron chi connectivity index (χ0n) is 19.6. The molecule has 0 aromatic heterocycles. The van der Waals surface area contributed by atoms with Crippen molar-refractivity contribution in [1.29, 1.82) is 0 Å². The summed E-state index contributed by atoms with van der Waals surface area (Å²) in [5.74, 6) is 0.625. The van der Waals surface area contributed by atoms with E-state index < -0.39 is 18.1 Å². The fraction of sp³-hybridized carbons (Fsp3) is 0.667. The number of nitrogens with zero attached hydrogens (tertiary/aromatic N) is 2. The molecule has 3 unspecified atom stereocenters. The van der Waals surface area contributed by atoms with Gasteiger partial charge in [-0.1, -0.05) is 31.8 Å². The first-order chi connectivity index (χ1) is 13.6. The summed E-state index contributed by atoms with van der Waals surface area (Å²) in [5, 5.41) is 0. The van der Waals surface area contributed by atoms with E-state index in [4.69, 9.17) is 9.31 Å². The van der Waals surface area contributed by atoms with E-state index in [9.17, 15) is 8.42 Å². The first-order valence-electron chi connectivity index (χ1n) is 10.5. The minimum absolute atomic E-state index is 0.210. The van der Waals surface area contributed by atoms with Crippen LogP contribution in [-0.4, -0.2) is 60.1 Å². The van der Waals surface area contributed by atoms with Gasteiger partial charge in [-0.05, 0) is 56.9 Å². The van der Waals surface area contributed by atoms with Crippen molar-refractivity contribution in [1.82, 2.24) is 4.90 Å². The summed E-state index contributed by atoms with van der Waals surface area (Å²) in [6, 6.07) is 7.19. The monoisotopic (exact) mass is 450 g/mol. The highest BCUT2D eigenvalue weighted by Gasteiger charge is 2.67. The van der Waals surface area contributed by atoms with Crippen LogP contribution in [0.25, 0.3) is 0 Å². The molecule has 30 heavy (non-hydrogen) atoms. The van der Waals surface area contributed by atoms with E-state index in [0.717, 1.165) is 5.56 Å². The maximum atomic E-state index is 12.4. The Hall–Kier alpha value is -1.16. The van der Waals surface area contributed by atoms with Gasteiger partial charge >= 0.3 is 7.12 Å². The summed E-state index contributed by atoms with van der Waals surface area (Å²) < 4.78 is 41.3. The molecule has 0 bridgehead atoms. The molecule has 1 heterocycles. The SMILES string of the molecule is CN(C)C=NS(=O)(=O)c1ccc(C2C(B3OC(C)(C)C(C)(C)O3)C2[Si](C)(C)C)cc1. The Balaban J connectivity index is 1.86. The van der Waals surface area contributed by atoms with Crippen molar-refractivity contribution < 1.29 is 17.7 Å². The van der Waals surface area contributed by atoms with E-state index in [1.54, 1.807) is 31.1 Å². The molecule has 2 aliphatic rings. The maximum absolute atomic E-state index is 12.4. The van der Waals surface area contributed by atoms with Crippen molar-refractivity contribution in [2.45, 2.75) is 80.7 Å². The summed E-state index contributed by atoms with van der Waals surface area (Å²) in [5.41, 5.74) is 0.980. The molecular weight excluding hydrogens is 415 g/mol. The third-order valence-corrected chi connectivity index (χ3v) is 10.6. The van der Waals surface area contributed by atoms with Crippen LogP contribution in [0.3, 0.4) is 0 Å². The Morgan fingerprint density at radius 3 is 1.97 bits per heavy atom. The van der Waals surface area contributed by atoms with Crippen LogP contribution in [0.4, 0.5) is 0 Å². The highest BCUT2D eigenvalue weighted by Crippen LogP contribution is 2.71. The first kappa shape index (κ1) is 23.5. The molecule has 1 aromatic carbocycles. The lowest BCUT2D eigenvalue weighted by molar-refractivity contribution is 0.00578. The number of benzene rings is 1. The second-order valence-electron chi connectivity index (χ2n) is 10.8.